The van der Waals surface area contributed by atoms with E-state index in [9.17, 15) is 0 Å². The fraction of sp³-hybridized carbons (Fsp3) is 0.438. The number of rotatable bonds is 8. The van der Waals surface area contributed by atoms with Crippen LogP contribution in [-0.2, 0) is 20.0 Å². The van der Waals surface area contributed by atoms with Gasteiger partial charge in [0.15, 0.2) is 0 Å². The highest BCUT2D eigenvalue weighted by molar-refractivity contribution is 9.10. The molecule has 4 nitrogen and oxygen atoms in total. The van der Waals surface area contributed by atoms with Gasteiger partial charge < -0.3 is 14.6 Å². The van der Waals surface area contributed by atoms with Crippen LogP contribution in [0.15, 0.2) is 35.1 Å². The van der Waals surface area contributed by atoms with Crippen molar-refractivity contribution in [2.45, 2.75) is 26.3 Å². The standard InChI is InChI=1S/C16H22BrN3O/c1-3-10-21-15-5-4-14(17)11-13(15)12-18-7-6-16-19-8-9-20(16)2/h4-5,8-9,11,18H,3,6-7,10,12H2,1-2H3. The molecule has 0 unspecified atom stereocenters. The van der Waals surface area contributed by atoms with Crippen LogP contribution in [-0.4, -0.2) is 22.7 Å². The Morgan fingerprint density at radius 3 is 2.95 bits per heavy atom. The Morgan fingerprint density at radius 1 is 1.38 bits per heavy atom. The number of nitrogens with zero attached hydrogens (tertiary/aromatic N) is 2. The van der Waals surface area contributed by atoms with Crippen molar-refractivity contribution in [2.24, 2.45) is 7.05 Å². The Hall–Kier alpha value is -1.33. The molecule has 1 aromatic carbocycles. The molecule has 0 aliphatic carbocycles. The van der Waals surface area contributed by atoms with Crippen LogP contribution >= 0.6 is 15.9 Å². The molecule has 5 heteroatoms. The van der Waals surface area contributed by atoms with E-state index in [1.807, 2.05) is 31.6 Å². The maximum Gasteiger partial charge on any atom is 0.123 e. The number of benzene rings is 1. The van der Waals surface area contributed by atoms with E-state index in [1.54, 1.807) is 0 Å². The normalized spacial score (nSPS) is 10.8. The molecule has 2 rings (SSSR count). The first-order valence-electron chi connectivity index (χ1n) is 7.29. The van der Waals surface area contributed by atoms with E-state index in [1.165, 1.54) is 5.56 Å². The molecule has 1 N–H and O–H groups in total. The minimum absolute atomic E-state index is 0.752. The van der Waals surface area contributed by atoms with Crippen LogP contribution in [0.3, 0.4) is 0 Å². The van der Waals surface area contributed by atoms with E-state index in [2.05, 4.69) is 43.8 Å². The lowest BCUT2D eigenvalue weighted by atomic mass is 10.2. The van der Waals surface area contributed by atoms with Crippen molar-refractivity contribution in [3.63, 3.8) is 0 Å². The summed E-state index contributed by atoms with van der Waals surface area (Å²) in [6.07, 6.45) is 5.74. The molecule has 0 saturated carbocycles. The molecule has 21 heavy (non-hydrogen) atoms. The third-order valence-electron chi connectivity index (χ3n) is 3.25. The fourth-order valence-corrected chi connectivity index (χ4v) is 2.51. The van der Waals surface area contributed by atoms with Crippen LogP contribution in [0.2, 0.25) is 0 Å². The minimum atomic E-state index is 0.752. The number of halogens is 1. The van der Waals surface area contributed by atoms with Gasteiger partial charge in [-0.3, -0.25) is 0 Å². The largest absolute Gasteiger partial charge is 0.493 e. The maximum absolute atomic E-state index is 5.79. The van der Waals surface area contributed by atoms with Gasteiger partial charge in [0.25, 0.3) is 0 Å². The van der Waals surface area contributed by atoms with Gasteiger partial charge in [-0.15, -0.1) is 0 Å². The molecule has 0 radical (unpaired) electrons. The molecule has 0 amide bonds. The highest BCUT2D eigenvalue weighted by Crippen LogP contribution is 2.23. The van der Waals surface area contributed by atoms with Crippen LogP contribution in [0, 0.1) is 0 Å². The monoisotopic (exact) mass is 351 g/mol. The molecule has 0 saturated heterocycles. The molecule has 114 valence electrons. The van der Waals surface area contributed by atoms with Crippen molar-refractivity contribution in [3.05, 3.63) is 46.5 Å². The molecular weight excluding hydrogens is 330 g/mol. The summed E-state index contributed by atoms with van der Waals surface area (Å²) in [6, 6.07) is 6.15. The summed E-state index contributed by atoms with van der Waals surface area (Å²) >= 11 is 3.52. The quantitative estimate of drug-likeness (QED) is 0.741. The molecule has 0 aliphatic rings. The summed E-state index contributed by atoms with van der Waals surface area (Å²) in [7, 11) is 2.02. The average molecular weight is 352 g/mol. The summed E-state index contributed by atoms with van der Waals surface area (Å²) in [5.41, 5.74) is 1.18. The zero-order valence-electron chi connectivity index (χ0n) is 12.6. The van der Waals surface area contributed by atoms with Gasteiger partial charge in [0, 0.05) is 49.0 Å². The van der Waals surface area contributed by atoms with E-state index in [0.29, 0.717) is 0 Å². The van der Waals surface area contributed by atoms with Crippen molar-refractivity contribution in [1.82, 2.24) is 14.9 Å². The average Bonchev–Trinajstić information content (AvgIpc) is 2.88. The van der Waals surface area contributed by atoms with Crippen LogP contribution in [0.4, 0.5) is 0 Å². The smallest absolute Gasteiger partial charge is 0.123 e. The fourth-order valence-electron chi connectivity index (χ4n) is 2.10. The lowest BCUT2D eigenvalue weighted by Gasteiger charge is -2.12. The van der Waals surface area contributed by atoms with Gasteiger partial charge in [-0.05, 0) is 24.6 Å². The number of ether oxygens (including phenoxy) is 1. The van der Waals surface area contributed by atoms with Gasteiger partial charge in [-0.1, -0.05) is 22.9 Å². The van der Waals surface area contributed by atoms with Crippen LogP contribution in [0.25, 0.3) is 0 Å². The van der Waals surface area contributed by atoms with Crippen LogP contribution < -0.4 is 10.1 Å². The van der Waals surface area contributed by atoms with Gasteiger partial charge in [0.05, 0.1) is 6.61 Å². The Kier molecular flexibility index (Phi) is 6.26. The second kappa shape index (κ2) is 8.20. The summed E-state index contributed by atoms with van der Waals surface area (Å²) in [4.78, 5) is 4.32. The van der Waals surface area contributed by atoms with Crippen molar-refractivity contribution in [3.8, 4) is 5.75 Å². The van der Waals surface area contributed by atoms with Gasteiger partial charge in [-0.25, -0.2) is 4.98 Å². The first-order valence-corrected chi connectivity index (χ1v) is 8.08. The zero-order valence-corrected chi connectivity index (χ0v) is 14.2. The molecule has 0 atom stereocenters. The van der Waals surface area contributed by atoms with Gasteiger partial charge in [-0.2, -0.15) is 0 Å². The number of hydrogen-bond donors (Lipinski definition) is 1. The molecule has 1 heterocycles. The zero-order chi connectivity index (χ0) is 15.1. The van der Waals surface area contributed by atoms with Gasteiger partial charge >= 0.3 is 0 Å². The lowest BCUT2D eigenvalue weighted by molar-refractivity contribution is 0.313. The van der Waals surface area contributed by atoms with E-state index >= 15 is 0 Å². The molecule has 2 aromatic rings. The van der Waals surface area contributed by atoms with E-state index in [4.69, 9.17) is 4.74 Å². The Labute approximate surface area is 134 Å². The minimum Gasteiger partial charge on any atom is -0.493 e. The van der Waals surface area contributed by atoms with Gasteiger partial charge in [0.1, 0.15) is 11.6 Å². The van der Waals surface area contributed by atoms with Crippen LogP contribution in [0.1, 0.15) is 24.7 Å². The summed E-state index contributed by atoms with van der Waals surface area (Å²) in [5, 5.41) is 3.46. The van der Waals surface area contributed by atoms with Crippen molar-refractivity contribution in [2.75, 3.05) is 13.2 Å². The van der Waals surface area contributed by atoms with E-state index in [0.717, 1.165) is 48.6 Å². The summed E-state index contributed by atoms with van der Waals surface area (Å²) in [6.45, 7) is 4.55. The molecule has 0 fully saturated rings. The van der Waals surface area contributed by atoms with Crippen LogP contribution in [0.5, 0.6) is 5.75 Å². The Balaban J connectivity index is 1.87. The summed E-state index contributed by atoms with van der Waals surface area (Å²) < 4.78 is 8.91. The third-order valence-corrected chi connectivity index (χ3v) is 3.74. The number of aromatic nitrogens is 2. The predicted molar refractivity (Wildman–Crippen MR) is 88.5 cm³/mol. The molecular formula is C16H22BrN3O. The predicted octanol–water partition coefficient (Wildman–Crippen LogP) is 3.30. The lowest BCUT2D eigenvalue weighted by Crippen LogP contribution is -2.18. The van der Waals surface area contributed by atoms with E-state index < -0.39 is 0 Å². The van der Waals surface area contributed by atoms with Gasteiger partial charge in [0.2, 0.25) is 0 Å². The highest BCUT2D eigenvalue weighted by atomic mass is 79.9. The number of nitrogens with one attached hydrogen (secondary N) is 1. The molecule has 0 spiro atoms. The molecule has 0 bridgehead atoms. The van der Waals surface area contributed by atoms with Crippen molar-refractivity contribution in [1.29, 1.82) is 0 Å². The number of aryl methyl sites for hydroxylation is 1. The molecule has 1 aromatic heterocycles. The Morgan fingerprint density at radius 2 is 2.24 bits per heavy atom. The third kappa shape index (κ3) is 4.86. The van der Waals surface area contributed by atoms with E-state index in [-0.39, 0.29) is 0 Å². The highest BCUT2D eigenvalue weighted by Gasteiger charge is 2.05. The number of hydrogen-bond acceptors (Lipinski definition) is 3. The second-order valence-electron chi connectivity index (χ2n) is 4.98. The first-order chi connectivity index (χ1) is 10.2. The van der Waals surface area contributed by atoms with Crippen molar-refractivity contribution >= 4 is 15.9 Å². The van der Waals surface area contributed by atoms with Crippen molar-refractivity contribution < 1.29 is 4.74 Å². The number of imidazole rings is 1. The first kappa shape index (κ1) is 16.0. The second-order valence-corrected chi connectivity index (χ2v) is 5.90. The summed E-state index contributed by atoms with van der Waals surface area (Å²) in [5.74, 6) is 2.06. The Bertz CT molecular complexity index is 568. The topological polar surface area (TPSA) is 39.1 Å². The molecule has 0 aliphatic heterocycles. The maximum atomic E-state index is 5.79. The SMILES string of the molecule is CCCOc1ccc(Br)cc1CNCCc1nccn1C.